The van der Waals surface area contributed by atoms with Gasteiger partial charge in [-0.15, -0.1) is 0 Å². The zero-order valence-electron chi connectivity index (χ0n) is 10.7. The molecule has 0 saturated carbocycles. The van der Waals surface area contributed by atoms with Crippen molar-refractivity contribution in [2.24, 2.45) is 5.73 Å². The van der Waals surface area contributed by atoms with Gasteiger partial charge in [-0.2, -0.15) is 0 Å². The van der Waals surface area contributed by atoms with Crippen LogP contribution in [0.25, 0.3) is 0 Å². The van der Waals surface area contributed by atoms with E-state index < -0.39 is 0 Å². The average molecular weight is 222 g/mol. The number of benzene rings is 1. The van der Waals surface area contributed by atoms with Gasteiger partial charge in [0.1, 0.15) is 12.4 Å². The number of ether oxygens (including phenoxy) is 1. The number of likely N-dealkylation sites (N-methyl/N-ethyl adjacent to an activating group) is 1. The molecule has 1 aromatic carbocycles. The van der Waals surface area contributed by atoms with E-state index in [4.69, 9.17) is 10.5 Å². The van der Waals surface area contributed by atoms with E-state index in [2.05, 4.69) is 17.9 Å². The highest BCUT2D eigenvalue weighted by Crippen LogP contribution is 2.24. The van der Waals surface area contributed by atoms with Crippen LogP contribution in [0.15, 0.2) is 18.2 Å². The van der Waals surface area contributed by atoms with Crippen molar-refractivity contribution in [3.63, 3.8) is 0 Å². The van der Waals surface area contributed by atoms with E-state index in [1.54, 1.807) is 0 Å². The summed E-state index contributed by atoms with van der Waals surface area (Å²) < 4.78 is 5.77. The highest BCUT2D eigenvalue weighted by atomic mass is 16.5. The summed E-state index contributed by atoms with van der Waals surface area (Å²) in [5.41, 5.74) is 8.18. The summed E-state index contributed by atoms with van der Waals surface area (Å²) in [6.07, 6.45) is 0. The third-order valence-electron chi connectivity index (χ3n) is 2.46. The molecule has 0 radical (unpaired) electrons. The van der Waals surface area contributed by atoms with Crippen molar-refractivity contribution in [3.8, 4) is 5.75 Å². The van der Waals surface area contributed by atoms with Gasteiger partial charge in [-0.3, -0.25) is 0 Å². The summed E-state index contributed by atoms with van der Waals surface area (Å²) >= 11 is 0. The standard InChI is InChI=1S/C13H22N2O/c1-10-5-6-12(11(2)14)13(9-10)16-8-7-15(3)4/h5-6,9,11H,7-8,14H2,1-4H3/t11-/m0/s1. The monoisotopic (exact) mass is 222 g/mol. The van der Waals surface area contributed by atoms with E-state index >= 15 is 0 Å². The number of hydrogen-bond donors (Lipinski definition) is 1. The molecule has 2 N–H and O–H groups in total. The van der Waals surface area contributed by atoms with Gasteiger partial charge in [0.25, 0.3) is 0 Å². The first-order valence-electron chi connectivity index (χ1n) is 5.64. The lowest BCUT2D eigenvalue weighted by Crippen LogP contribution is -2.20. The first-order valence-corrected chi connectivity index (χ1v) is 5.64. The second-order valence-electron chi connectivity index (χ2n) is 4.48. The Labute approximate surface area is 98.2 Å². The van der Waals surface area contributed by atoms with Crippen LogP contribution in [0.3, 0.4) is 0 Å². The molecule has 0 aliphatic rings. The Balaban J connectivity index is 2.72. The number of rotatable bonds is 5. The first kappa shape index (κ1) is 13.0. The fraction of sp³-hybridized carbons (Fsp3) is 0.538. The second-order valence-corrected chi connectivity index (χ2v) is 4.48. The van der Waals surface area contributed by atoms with Gasteiger partial charge >= 0.3 is 0 Å². The molecule has 3 heteroatoms. The van der Waals surface area contributed by atoms with Gasteiger partial charge in [-0.25, -0.2) is 0 Å². The molecule has 90 valence electrons. The van der Waals surface area contributed by atoms with Crippen molar-refractivity contribution >= 4 is 0 Å². The lowest BCUT2D eigenvalue weighted by molar-refractivity contribution is 0.258. The molecule has 0 aliphatic carbocycles. The van der Waals surface area contributed by atoms with Crippen molar-refractivity contribution in [2.75, 3.05) is 27.2 Å². The van der Waals surface area contributed by atoms with Crippen LogP contribution < -0.4 is 10.5 Å². The van der Waals surface area contributed by atoms with Crippen molar-refractivity contribution in [2.45, 2.75) is 19.9 Å². The number of hydrogen-bond acceptors (Lipinski definition) is 3. The zero-order chi connectivity index (χ0) is 12.1. The maximum Gasteiger partial charge on any atom is 0.124 e. The molecule has 0 heterocycles. The normalized spacial score (nSPS) is 12.9. The van der Waals surface area contributed by atoms with E-state index in [1.165, 1.54) is 5.56 Å². The molecule has 0 bridgehead atoms. The van der Waals surface area contributed by atoms with E-state index in [0.29, 0.717) is 6.61 Å². The van der Waals surface area contributed by atoms with Crippen LogP contribution in [-0.2, 0) is 0 Å². The minimum absolute atomic E-state index is 0.00922. The third kappa shape index (κ3) is 3.83. The predicted octanol–water partition coefficient (Wildman–Crippen LogP) is 1.96. The summed E-state index contributed by atoms with van der Waals surface area (Å²) in [7, 11) is 4.07. The first-order chi connectivity index (χ1) is 7.50. The summed E-state index contributed by atoms with van der Waals surface area (Å²) in [6.45, 7) is 5.63. The lowest BCUT2D eigenvalue weighted by Gasteiger charge is -2.16. The maximum atomic E-state index is 5.91. The molecule has 1 aromatic rings. The van der Waals surface area contributed by atoms with Gasteiger partial charge in [0.15, 0.2) is 0 Å². The average Bonchev–Trinajstić information content (AvgIpc) is 2.16. The molecular weight excluding hydrogens is 200 g/mol. The largest absolute Gasteiger partial charge is 0.492 e. The molecule has 0 saturated heterocycles. The minimum Gasteiger partial charge on any atom is -0.492 e. The van der Waals surface area contributed by atoms with Crippen LogP contribution >= 0.6 is 0 Å². The topological polar surface area (TPSA) is 38.5 Å². The number of aryl methyl sites for hydroxylation is 1. The van der Waals surface area contributed by atoms with E-state index in [0.717, 1.165) is 17.9 Å². The van der Waals surface area contributed by atoms with Gasteiger partial charge < -0.3 is 15.4 Å². The van der Waals surface area contributed by atoms with Crippen LogP contribution in [0.2, 0.25) is 0 Å². The molecule has 16 heavy (non-hydrogen) atoms. The summed E-state index contributed by atoms with van der Waals surface area (Å²) in [6, 6.07) is 6.17. The fourth-order valence-corrected chi connectivity index (χ4v) is 1.48. The Hall–Kier alpha value is -1.06. The molecule has 3 nitrogen and oxygen atoms in total. The van der Waals surface area contributed by atoms with Crippen LogP contribution in [0.5, 0.6) is 5.75 Å². The molecule has 1 rings (SSSR count). The van der Waals surface area contributed by atoms with Gasteiger partial charge in [0, 0.05) is 18.2 Å². The third-order valence-corrected chi connectivity index (χ3v) is 2.46. The van der Waals surface area contributed by atoms with Crippen LogP contribution in [0.4, 0.5) is 0 Å². The second kappa shape index (κ2) is 5.87. The summed E-state index contributed by atoms with van der Waals surface area (Å²) in [5.74, 6) is 0.914. The van der Waals surface area contributed by atoms with Crippen molar-refractivity contribution < 1.29 is 4.74 Å². The Morgan fingerprint density at radius 3 is 2.62 bits per heavy atom. The lowest BCUT2D eigenvalue weighted by atomic mass is 10.1. The van der Waals surface area contributed by atoms with Crippen molar-refractivity contribution in [1.29, 1.82) is 0 Å². The molecule has 1 atom stereocenters. The van der Waals surface area contributed by atoms with Crippen LogP contribution in [0, 0.1) is 6.92 Å². The zero-order valence-corrected chi connectivity index (χ0v) is 10.7. The molecule has 0 unspecified atom stereocenters. The SMILES string of the molecule is Cc1ccc([C@H](C)N)c(OCCN(C)C)c1. The Kier molecular flexibility index (Phi) is 4.77. The number of nitrogens with zero attached hydrogens (tertiary/aromatic N) is 1. The number of nitrogens with two attached hydrogens (primary N) is 1. The van der Waals surface area contributed by atoms with Gasteiger partial charge in [0.05, 0.1) is 0 Å². The van der Waals surface area contributed by atoms with Crippen LogP contribution in [-0.4, -0.2) is 32.1 Å². The van der Waals surface area contributed by atoms with E-state index in [1.807, 2.05) is 33.2 Å². The molecule has 0 fully saturated rings. The Morgan fingerprint density at radius 2 is 2.06 bits per heavy atom. The molecule has 0 spiro atoms. The van der Waals surface area contributed by atoms with Gasteiger partial charge in [0.2, 0.25) is 0 Å². The molecule has 0 aliphatic heterocycles. The smallest absolute Gasteiger partial charge is 0.124 e. The Morgan fingerprint density at radius 1 is 1.38 bits per heavy atom. The van der Waals surface area contributed by atoms with Crippen molar-refractivity contribution in [3.05, 3.63) is 29.3 Å². The molecule has 0 amide bonds. The summed E-state index contributed by atoms with van der Waals surface area (Å²) in [5, 5.41) is 0. The fourth-order valence-electron chi connectivity index (χ4n) is 1.48. The summed E-state index contributed by atoms with van der Waals surface area (Å²) in [4.78, 5) is 2.10. The van der Waals surface area contributed by atoms with Gasteiger partial charge in [-0.05, 0) is 39.6 Å². The van der Waals surface area contributed by atoms with Gasteiger partial charge in [-0.1, -0.05) is 12.1 Å². The highest BCUT2D eigenvalue weighted by molar-refractivity contribution is 5.38. The van der Waals surface area contributed by atoms with Crippen molar-refractivity contribution in [1.82, 2.24) is 4.90 Å². The highest BCUT2D eigenvalue weighted by Gasteiger charge is 2.08. The van der Waals surface area contributed by atoms with E-state index in [9.17, 15) is 0 Å². The Bertz CT molecular complexity index is 335. The molecule has 0 aromatic heterocycles. The minimum atomic E-state index is 0.00922. The van der Waals surface area contributed by atoms with Crippen LogP contribution in [0.1, 0.15) is 24.1 Å². The maximum absolute atomic E-state index is 5.91. The predicted molar refractivity (Wildman–Crippen MR) is 67.8 cm³/mol. The van der Waals surface area contributed by atoms with E-state index in [-0.39, 0.29) is 6.04 Å². The quantitative estimate of drug-likeness (QED) is 0.827. The molecular formula is C13H22N2O.